The molecule has 0 aliphatic carbocycles. The van der Waals surface area contributed by atoms with Crippen LogP contribution in [0.5, 0.6) is 5.75 Å². The zero-order valence-electron chi connectivity index (χ0n) is 16.5. The highest BCUT2D eigenvalue weighted by molar-refractivity contribution is 7.89. The van der Waals surface area contributed by atoms with Gasteiger partial charge in [0.05, 0.1) is 12.0 Å². The molecule has 0 radical (unpaired) electrons. The van der Waals surface area contributed by atoms with E-state index in [0.717, 1.165) is 18.5 Å². The number of anilines is 1. The number of amides is 1. The number of aryl methyl sites for hydroxylation is 2. The third-order valence-electron chi connectivity index (χ3n) is 5.05. The van der Waals surface area contributed by atoms with Crippen molar-refractivity contribution < 1.29 is 17.9 Å². The Hall–Kier alpha value is -2.38. The molecule has 28 heavy (non-hydrogen) atoms. The molecule has 0 spiro atoms. The van der Waals surface area contributed by atoms with Crippen LogP contribution in [0.25, 0.3) is 0 Å². The number of carbonyl (C=O) groups is 1. The van der Waals surface area contributed by atoms with Crippen LogP contribution in [0.2, 0.25) is 0 Å². The van der Waals surface area contributed by atoms with Gasteiger partial charge in [-0.3, -0.25) is 4.79 Å². The summed E-state index contributed by atoms with van der Waals surface area (Å²) in [5.41, 5.74) is 2.89. The summed E-state index contributed by atoms with van der Waals surface area (Å²) in [5.74, 6) is 0.625. The van der Waals surface area contributed by atoms with E-state index < -0.39 is 10.0 Å². The first-order valence-corrected chi connectivity index (χ1v) is 10.8. The minimum Gasteiger partial charge on any atom is -0.496 e. The second-order valence-corrected chi connectivity index (χ2v) is 9.19. The third-order valence-corrected chi connectivity index (χ3v) is 6.86. The molecule has 6 nitrogen and oxygen atoms in total. The molecular formula is C21H26N2O4S. The number of hydrogen-bond acceptors (Lipinski definition) is 4. The first kappa shape index (κ1) is 20.4. The molecule has 0 saturated carbocycles. The predicted octanol–water partition coefficient (Wildman–Crippen LogP) is 2.86. The Balaban J connectivity index is 1.80. The lowest BCUT2D eigenvalue weighted by molar-refractivity contribution is -0.118. The lowest BCUT2D eigenvalue weighted by Gasteiger charge is -2.29. The molecule has 2 aromatic rings. The van der Waals surface area contributed by atoms with Gasteiger partial charge in [0.25, 0.3) is 0 Å². The minimum atomic E-state index is -3.54. The highest BCUT2D eigenvalue weighted by atomic mass is 32.2. The predicted molar refractivity (Wildman–Crippen MR) is 109 cm³/mol. The molecule has 1 aliphatic heterocycles. The van der Waals surface area contributed by atoms with Crippen molar-refractivity contribution in [2.24, 2.45) is 0 Å². The van der Waals surface area contributed by atoms with Crippen molar-refractivity contribution in [2.75, 3.05) is 32.6 Å². The van der Waals surface area contributed by atoms with Crippen LogP contribution in [-0.4, -0.2) is 46.4 Å². The van der Waals surface area contributed by atoms with E-state index in [0.29, 0.717) is 24.3 Å². The van der Waals surface area contributed by atoms with Crippen LogP contribution < -0.4 is 9.64 Å². The summed E-state index contributed by atoms with van der Waals surface area (Å²) in [6, 6.07) is 12.8. The lowest BCUT2D eigenvalue weighted by Crippen LogP contribution is -2.35. The van der Waals surface area contributed by atoms with Crippen LogP contribution in [0.1, 0.15) is 24.0 Å². The number of sulfonamides is 1. The molecule has 0 aromatic heterocycles. The number of nitrogens with zero attached hydrogens (tertiary/aromatic N) is 2. The van der Waals surface area contributed by atoms with Gasteiger partial charge in [-0.2, -0.15) is 0 Å². The number of ether oxygens (including phenoxy) is 1. The molecule has 7 heteroatoms. The second-order valence-electron chi connectivity index (χ2n) is 7.04. The molecule has 0 bridgehead atoms. The number of methoxy groups -OCH3 is 1. The molecule has 1 amide bonds. The zero-order chi connectivity index (χ0) is 20.3. The molecule has 0 atom stereocenters. The van der Waals surface area contributed by atoms with Gasteiger partial charge < -0.3 is 9.64 Å². The van der Waals surface area contributed by atoms with Crippen molar-refractivity contribution in [3.05, 3.63) is 53.6 Å². The van der Waals surface area contributed by atoms with Crippen LogP contribution in [0.15, 0.2) is 47.4 Å². The molecule has 2 aromatic carbocycles. The summed E-state index contributed by atoms with van der Waals surface area (Å²) in [6.45, 7) is 0.710. The van der Waals surface area contributed by atoms with Gasteiger partial charge in [0.2, 0.25) is 15.9 Å². The number of fused-ring (bicyclic) bond motifs is 1. The third kappa shape index (κ3) is 4.05. The van der Waals surface area contributed by atoms with Gasteiger partial charge in [-0.1, -0.05) is 18.2 Å². The number of para-hydroxylation sites is 1. The molecule has 0 saturated heterocycles. The van der Waals surface area contributed by atoms with Gasteiger partial charge in [0, 0.05) is 32.7 Å². The van der Waals surface area contributed by atoms with Crippen LogP contribution in [-0.2, 0) is 27.7 Å². The monoisotopic (exact) mass is 402 g/mol. The van der Waals surface area contributed by atoms with Gasteiger partial charge in [-0.05, 0) is 54.7 Å². The Bertz CT molecular complexity index is 970. The first-order valence-electron chi connectivity index (χ1n) is 9.32. The number of carbonyl (C=O) groups excluding carboxylic acids is 1. The Morgan fingerprint density at radius 1 is 1.18 bits per heavy atom. The highest BCUT2D eigenvalue weighted by Gasteiger charge is 2.23. The number of hydrogen-bond donors (Lipinski definition) is 0. The van der Waals surface area contributed by atoms with Crippen molar-refractivity contribution in [1.29, 1.82) is 0 Å². The van der Waals surface area contributed by atoms with E-state index in [1.165, 1.54) is 30.0 Å². The average molecular weight is 403 g/mol. The molecule has 0 unspecified atom stereocenters. The van der Waals surface area contributed by atoms with Crippen molar-refractivity contribution >= 4 is 21.6 Å². The van der Waals surface area contributed by atoms with Gasteiger partial charge in [-0.25, -0.2) is 12.7 Å². The number of benzene rings is 2. The van der Waals surface area contributed by atoms with Crippen molar-refractivity contribution in [3.63, 3.8) is 0 Å². The summed E-state index contributed by atoms with van der Waals surface area (Å²) < 4.78 is 31.4. The second kappa shape index (κ2) is 8.32. The quantitative estimate of drug-likeness (QED) is 0.745. The van der Waals surface area contributed by atoms with Crippen LogP contribution >= 0.6 is 0 Å². The van der Waals surface area contributed by atoms with Crippen molar-refractivity contribution in [2.45, 2.75) is 30.6 Å². The fourth-order valence-corrected chi connectivity index (χ4v) is 4.44. The minimum absolute atomic E-state index is 0.0371. The Kier molecular flexibility index (Phi) is 6.05. The van der Waals surface area contributed by atoms with Gasteiger partial charge in [-0.15, -0.1) is 0 Å². The Morgan fingerprint density at radius 2 is 1.93 bits per heavy atom. The molecule has 1 heterocycles. The van der Waals surface area contributed by atoms with Crippen molar-refractivity contribution in [1.82, 2.24) is 4.31 Å². The molecule has 0 N–H and O–H groups in total. The standard InChI is InChI=1S/C21H26N2O4S/c1-22(2)28(25,26)18-11-12-20(27-3)17(15-18)10-13-21(24)23-14-6-8-16-7-4-5-9-19(16)23/h4-5,7,9,11-12,15H,6,8,10,13-14H2,1-3H3. The van der Waals surface area contributed by atoms with E-state index in [-0.39, 0.29) is 17.2 Å². The van der Waals surface area contributed by atoms with E-state index >= 15 is 0 Å². The fourth-order valence-electron chi connectivity index (χ4n) is 3.49. The molecule has 1 aliphatic rings. The average Bonchev–Trinajstić information content (AvgIpc) is 2.71. The van der Waals surface area contributed by atoms with Gasteiger partial charge >= 0.3 is 0 Å². The summed E-state index contributed by atoms with van der Waals surface area (Å²) in [7, 11) is 0.996. The summed E-state index contributed by atoms with van der Waals surface area (Å²) in [4.78, 5) is 14.9. The summed E-state index contributed by atoms with van der Waals surface area (Å²) >= 11 is 0. The van der Waals surface area contributed by atoms with Crippen LogP contribution in [0.3, 0.4) is 0 Å². The topological polar surface area (TPSA) is 66.9 Å². The molecule has 3 rings (SSSR count). The first-order chi connectivity index (χ1) is 13.3. The van der Waals surface area contributed by atoms with E-state index in [2.05, 4.69) is 6.07 Å². The molecule has 150 valence electrons. The largest absolute Gasteiger partial charge is 0.496 e. The Labute approximate surface area is 166 Å². The Morgan fingerprint density at radius 3 is 2.64 bits per heavy atom. The lowest BCUT2D eigenvalue weighted by atomic mass is 10.0. The highest BCUT2D eigenvalue weighted by Crippen LogP contribution is 2.29. The van der Waals surface area contributed by atoms with E-state index in [1.54, 1.807) is 19.2 Å². The molecular weight excluding hydrogens is 376 g/mol. The van der Waals surface area contributed by atoms with Gasteiger partial charge in [0.15, 0.2) is 0 Å². The van der Waals surface area contributed by atoms with Crippen LogP contribution in [0.4, 0.5) is 5.69 Å². The van der Waals surface area contributed by atoms with E-state index in [1.807, 2.05) is 23.1 Å². The fraction of sp³-hybridized carbons (Fsp3) is 0.381. The zero-order valence-corrected chi connectivity index (χ0v) is 17.3. The number of rotatable bonds is 6. The molecule has 0 fully saturated rings. The smallest absolute Gasteiger partial charge is 0.242 e. The van der Waals surface area contributed by atoms with E-state index in [4.69, 9.17) is 4.74 Å². The maximum absolute atomic E-state index is 12.9. The maximum atomic E-state index is 12.9. The summed E-state index contributed by atoms with van der Waals surface area (Å²) in [6.07, 6.45) is 2.63. The van der Waals surface area contributed by atoms with Crippen LogP contribution in [0, 0.1) is 0 Å². The normalized spacial score (nSPS) is 14.1. The van der Waals surface area contributed by atoms with Gasteiger partial charge in [0.1, 0.15) is 5.75 Å². The summed E-state index contributed by atoms with van der Waals surface area (Å²) in [5, 5.41) is 0. The maximum Gasteiger partial charge on any atom is 0.242 e. The van der Waals surface area contributed by atoms with E-state index in [9.17, 15) is 13.2 Å². The SMILES string of the molecule is COc1ccc(S(=O)(=O)N(C)C)cc1CCC(=O)N1CCCc2ccccc21. The van der Waals surface area contributed by atoms with Crippen molar-refractivity contribution in [3.8, 4) is 5.75 Å².